The van der Waals surface area contributed by atoms with Crippen molar-refractivity contribution in [3.8, 4) is 0 Å². The van der Waals surface area contributed by atoms with Crippen molar-refractivity contribution in [1.29, 1.82) is 0 Å². The molecule has 3 aliphatic rings. The number of aromatic nitrogens is 1. The van der Waals surface area contributed by atoms with Crippen LogP contribution in [0.2, 0.25) is 0 Å². The predicted molar refractivity (Wildman–Crippen MR) is 126 cm³/mol. The summed E-state index contributed by atoms with van der Waals surface area (Å²) in [6, 6.07) is 4.19. The number of nitrogens with zero attached hydrogens (tertiary/aromatic N) is 2. The molecule has 4 heterocycles. The van der Waals surface area contributed by atoms with E-state index < -0.39 is 11.9 Å². The Morgan fingerprint density at radius 2 is 2.00 bits per heavy atom. The highest BCUT2D eigenvalue weighted by molar-refractivity contribution is 6.34. The van der Waals surface area contributed by atoms with Crippen LogP contribution in [0.1, 0.15) is 39.3 Å². The van der Waals surface area contributed by atoms with E-state index in [9.17, 15) is 19.1 Å². The molecule has 0 radical (unpaired) electrons. The van der Waals surface area contributed by atoms with Gasteiger partial charge in [-0.05, 0) is 49.6 Å². The Kier molecular flexibility index (Phi) is 6.24. The quantitative estimate of drug-likeness (QED) is 0.584. The molecular formula is C25H29FN4O4. The number of fused-ring (bicyclic) bond motifs is 2. The van der Waals surface area contributed by atoms with E-state index in [-0.39, 0.29) is 18.4 Å². The van der Waals surface area contributed by atoms with E-state index in [1.165, 1.54) is 12.1 Å². The van der Waals surface area contributed by atoms with E-state index in [0.29, 0.717) is 60.8 Å². The highest BCUT2D eigenvalue weighted by Crippen LogP contribution is 2.35. The van der Waals surface area contributed by atoms with Crippen molar-refractivity contribution in [2.45, 2.75) is 25.9 Å². The second-order valence-electron chi connectivity index (χ2n) is 9.14. The molecule has 3 aliphatic heterocycles. The summed E-state index contributed by atoms with van der Waals surface area (Å²) in [6.07, 6.45) is 2.51. The molecule has 1 saturated heterocycles. The fourth-order valence-corrected chi connectivity index (χ4v) is 5.02. The van der Waals surface area contributed by atoms with Crippen LogP contribution in [-0.2, 0) is 16.0 Å². The number of aromatic amines is 1. The SMILES string of the molecule is Cc1c(/C=C2\C(=O)Nc3ccc(F)cc32)[nH]c2c1C(=O)N(CC(O)CN1CCOCC1)CCC2. The van der Waals surface area contributed by atoms with Gasteiger partial charge in [0.25, 0.3) is 11.8 Å². The van der Waals surface area contributed by atoms with Gasteiger partial charge in [-0.25, -0.2) is 4.39 Å². The Hall–Kier alpha value is -3.01. The van der Waals surface area contributed by atoms with Crippen LogP contribution in [0.3, 0.4) is 0 Å². The lowest BCUT2D eigenvalue weighted by Gasteiger charge is -2.31. The second-order valence-corrected chi connectivity index (χ2v) is 9.14. The summed E-state index contributed by atoms with van der Waals surface area (Å²) in [5.41, 5.74) is 4.28. The monoisotopic (exact) mass is 468 g/mol. The minimum absolute atomic E-state index is 0.116. The Balaban J connectivity index is 1.38. The third-order valence-electron chi connectivity index (χ3n) is 6.78. The first-order chi connectivity index (χ1) is 16.4. The van der Waals surface area contributed by atoms with Crippen LogP contribution in [0.15, 0.2) is 18.2 Å². The summed E-state index contributed by atoms with van der Waals surface area (Å²) < 4.78 is 19.2. The Morgan fingerprint density at radius 3 is 2.79 bits per heavy atom. The second kappa shape index (κ2) is 9.32. The largest absolute Gasteiger partial charge is 0.390 e. The summed E-state index contributed by atoms with van der Waals surface area (Å²) in [7, 11) is 0. The summed E-state index contributed by atoms with van der Waals surface area (Å²) in [4.78, 5) is 33.2. The van der Waals surface area contributed by atoms with Crippen LogP contribution in [0.25, 0.3) is 11.6 Å². The zero-order valence-electron chi connectivity index (χ0n) is 19.2. The number of benzene rings is 1. The van der Waals surface area contributed by atoms with Gasteiger partial charge >= 0.3 is 0 Å². The van der Waals surface area contributed by atoms with Crippen LogP contribution < -0.4 is 5.32 Å². The van der Waals surface area contributed by atoms with Gasteiger partial charge in [-0.2, -0.15) is 0 Å². The van der Waals surface area contributed by atoms with Crippen LogP contribution in [0.5, 0.6) is 0 Å². The maximum absolute atomic E-state index is 13.8. The first kappa shape index (κ1) is 22.8. The van der Waals surface area contributed by atoms with Crippen LogP contribution in [0, 0.1) is 12.7 Å². The number of anilines is 1. The fourth-order valence-electron chi connectivity index (χ4n) is 5.02. The molecule has 8 nitrogen and oxygen atoms in total. The molecule has 3 N–H and O–H groups in total. The molecule has 180 valence electrons. The van der Waals surface area contributed by atoms with Gasteiger partial charge < -0.3 is 25.0 Å². The van der Waals surface area contributed by atoms with Crippen molar-refractivity contribution in [2.24, 2.45) is 0 Å². The van der Waals surface area contributed by atoms with Crippen molar-refractivity contribution < 1.29 is 23.8 Å². The number of hydrogen-bond acceptors (Lipinski definition) is 5. The normalized spacial score (nSPS) is 20.8. The molecular weight excluding hydrogens is 439 g/mol. The molecule has 1 aromatic heterocycles. The highest BCUT2D eigenvalue weighted by Gasteiger charge is 2.30. The van der Waals surface area contributed by atoms with E-state index in [0.717, 1.165) is 30.8 Å². The van der Waals surface area contributed by atoms with Crippen LogP contribution in [0.4, 0.5) is 10.1 Å². The minimum atomic E-state index is -0.641. The van der Waals surface area contributed by atoms with Gasteiger partial charge in [-0.3, -0.25) is 14.5 Å². The molecule has 0 bridgehead atoms. The molecule has 1 unspecified atom stereocenters. The number of carbonyl (C=O) groups is 2. The minimum Gasteiger partial charge on any atom is -0.390 e. The van der Waals surface area contributed by atoms with E-state index >= 15 is 0 Å². The molecule has 1 fully saturated rings. The van der Waals surface area contributed by atoms with Crippen molar-refractivity contribution in [1.82, 2.24) is 14.8 Å². The lowest BCUT2D eigenvalue weighted by atomic mass is 10.0. The number of morpholine rings is 1. The topological polar surface area (TPSA) is 97.9 Å². The van der Waals surface area contributed by atoms with Crippen molar-refractivity contribution in [3.63, 3.8) is 0 Å². The third kappa shape index (κ3) is 4.38. The number of aliphatic hydroxyl groups excluding tert-OH is 1. The van der Waals surface area contributed by atoms with Crippen molar-refractivity contribution in [2.75, 3.05) is 51.3 Å². The number of hydrogen-bond donors (Lipinski definition) is 3. The third-order valence-corrected chi connectivity index (χ3v) is 6.78. The molecule has 0 aliphatic carbocycles. The number of H-pyrrole nitrogens is 1. The summed E-state index contributed by atoms with van der Waals surface area (Å²) >= 11 is 0. The van der Waals surface area contributed by atoms with E-state index in [1.807, 2.05) is 6.92 Å². The standard InChI is InChI=1S/C25H29FN4O4/c1-15-22(12-19-18-11-16(26)4-5-20(18)28-24(19)32)27-21-3-2-6-30(25(33)23(15)21)14-17(31)13-29-7-9-34-10-8-29/h4-5,11-12,17,27,31H,2-3,6-10,13-14H2,1H3,(H,28,32)/b19-12-. The number of β-amino-alcohol motifs (C(OH)–C–C–N with tert-alkyl or cyclic N) is 1. The Morgan fingerprint density at radius 1 is 1.21 bits per heavy atom. The average molecular weight is 469 g/mol. The van der Waals surface area contributed by atoms with Gasteiger partial charge in [0, 0.05) is 55.4 Å². The van der Waals surface area contributed by atoms with Crippen LogP contribution >= 0.6 is 0 Å². The summed E-state index contributed by atoms with van der Waals surface area (Å²) in [5.74, 6) is -0.833. The molecule has 0 spiro atoms. The van der Waals surface area contributed by atoms with E-state index in [4.69, 9.17) is 4.74 Å². The first-order valence-electron chi connectivity index (χ1n) is 11.7. The van der Waals surface area contributed by atoms with Crippen molar-refractivity contribution >= 4 is 29.2 Å². The number of nitrogens with one attached hydrogen (secondary N) is 2. The van der Waals surface area contributed by atoms with Crippen LogP contribution in [-0.4, -0.2) is 83.7 Å². The van der Waals surface area contributed by atoms with Gasteiger partial charge in [0.1, 0.15) is 5.82 Å². The maximum Gasteiger partial charge on any atom is 0.256 e. The predicted octanol–water partition coefficient (Wildman–Crippen LogP) is 2.04. The summed E-state index contributed by atoms with van der Waals surface area (Å²) in [5, 5.41) is 13.4. The molecule has 5 rings (SSSR count). The average Bonchev–Trinajstić information content (AvgIpc) is 3.23. The fraction of sp³-hybridized carbons (Fsp3) is 0.440. The maximum atomic E-state index is 13.8. The van der Waals surface area contributed by atoms with Gasteiger partial charge in [-0.1, -0.05) is 0 Å². The van der Waals surface area contributed by atoms with Gasteiger partial charge in [0.2, 0.25) is 0 Å². The number of amides is 2. The molecule has 34 heavy (non-hydrogen) atoms. The van der Waals surface area contributed by atoms with Gasteiger partial charge in [0.05, 0.1) is 30.5 Å². The number of aryl methyl sites for hydroxylation is 1. The molecule has 0 saturated carbocycles. The summed E-state index contributed by atoms with van der Waals surface area (Å²) in [6.45, 7) is 6.10. The molecule has 9 heteroatoms. The number of halogens is 1. The Bertz CT molecular complexity index is 1150. The first-order valence-corrected chi connectivity index (χ1v) is 11.7. The van der Waals surface area contributed by atoms with E-state index in [1.54, 1.807) is 17.0 Å². The molecule has 1 atom stereocenters. The zero-order chi connectivity index (χ0) is 23.8. The molecule has 2 amide bonds. The van der Waals surface area contributed by atoms with Gasteiger partial charge in [0.15, 0.2) is 0 Å². The molecule has 2 aromatic rings. The highest BCUT2D eigenvalue weighted by atomic mass is 19.1. The molecule has 1 aromatic carbocycles. The Labute approximate surface area is 197 Å². The zero-order valence-corrected chi connectivity index (χ0v) is 19.2. The van der Waals surface area contributed by atoms with E-state index in [2.05, 4.69) is 15.2 Å². The lowest BCUT2D eigenvalue weighted by molar-refractivity contribution is -0.110. The van der Waals surface area contributed by atoms with Crippen molar-refractivity contribution in [3.05, 3.63) is 52.1 Å². The number of rotatable bonds is 5. The number of carbonyl (C=O) groups excluding carboxylic acids is 2. The number of ether oxygens (including phenoxy) is 1. The smallest absolute Gasteiger partial charge is 0.256 e. The van der Waals surface area contributed by atoms with Gasteiger partial charge in [-0.15, -0.1) is 0 Å². The number of aliphatic hydroxyl groups is 1. The lowest BCUT2D eigenvalue weighted by Crippen LogP contribution is -2.46.